The second-order valence-corrected chi connectivity index (χ2v) is 10.8. The summed E-state index contributed by atoms with van der Waals surface area (Å²) < 4.78 is 0. The molecule has 1 atom stereocenters. The minimum absolute atomic E-state index is 0.0182. The Hall–Kier alpha value is 0.0800. The van der Waals surface area contributed by atoms with Gasteiger partial charge in [-0.15, -0.1) is 0 Å². The first kappa shape index (κ1) is 15.1. The Morgan fingerprint density at radius 1 is 0.882 bits per heavy atom. The molecule has 17 heavy (non-hydrogen) atoms. The van der Waals surface area contributed by atoms with Crippen LogP contribution >= 0.6 is 16.5 Å². The Bertz CT molecular complexity index is 335. The van der Waals surface area contributed by atoms with Crippen molar-refractivity contribution in [2.45, 2.75) is 58.5 Å². The molecule has 1 unspecified atom stereocenters. The number of rotatable bonds is 5. The smallest absolute Gasteiger partial charge is 0.0161 e. The van der Waals surface area contributed by atoms with Crippen LogP contribution in [0.15, 0.2) is 24.3 Å². The van der Waals surface area contributed by atoms with Gasteiger partial charge < -0.3 is 0 Å². The van der Waals surface area contributed by atoms with Gasteiger partial charge in [0.1, 0.15) is 0 Å². The van der Waals surface area contributed by atoms with Crippen molar-refractivity contribution in [1.29, 1.82) is 0 Å². The SMILES string of the molecule is CC(C)Pc1ccccc1P(C(C)C)C(C)C. The van der Waals surface area contributed by atoms with Crippen molar-refractivity contribution in [3.8, 4) is 0 Å². The van der Waals surface area contributed by atoms with Crippen LogP contribution in [0.5, 0.6) is 0 Å². The second-order valence-electron chi connectivity index (χ2n) is 5.41. The van der Waals surface area contributed by atoms with Crippen molar-refractivity contribution in [2.75, 3.05) is 0 Å². The predicted octanol–water partition coefficient (Wildman–Crippen LogP) is 4.32. The Kier molecular flexibility index (Phi) is 6.11. The third-order valence-electron chi connectivity index (χ3n) is 2.74. The van der Waals surface area contributed by atoms with E-state index in [0.29, 0.717) is 0 Å². The zero-order valence-electron chi connectivity index (χ0n) is 12.0. The highest BCUT2D eigenvalue weighted by Gasteiger charge is 2.21. The molecular weight excluding hydrogens is 242 g/mol. The second kappa shape index (κ2) is 6.86. The van der Waals surface area contributed by atoms with Gasteiger partial charge in [0.05, 0.1) is 0 Å². The summed E-state index contributed by atoms with van der Waals surface area (Å²) in [6.45, 7) is 14.1. The van der Waals surface area contributed by atoms with Crippen molar-refractivity contribution in [1.82, 2.24) is 0 Å². The fourth-order valence-electron chi connectivity index (χ4n) is 2.28. The molecule has 0 aliphatic rings. The topological polar surface area (TPSA) is 0 Å². The summed E-state index contributed by atoms with van der Waals surface area (Å²) in [5.74, 6) is 0. The molecule has 0 fully saturated rings. The van der Waals surface area contributed by atoms with Gasteiger partial charge in [-0.1, -0.05) is 82.3 Å². The lowest BCUT2D eigenvalue weighted by atomic mass is 10.4. The van der Waals surface area contributed by atoms with Crippen LogP contribution in [0.4, 0.5) is 0 Å². The van der Waals surface area contributed by atoms with Gasteiger partial charge in [-0.05, 0) is 27.6 Å². The molecule has 96 valence electrons. The van der Waals surface area contributed by atoms with Crippen LogP contribution < -0.4 is 10.6 Å². The van der Waals surface area contributed by atoms with Gasteiger partial charge >= 0.3 is 0 Å². The van der Waals surface area contributed by atoms with E-state index < -0.39 is 0 Å². The largest absolute Gasteiger partial charge is 0.0871 e. The highest BCUT2D eigenvalue weighted by atomic mass is 31.1. The monoisotopic (exact) mass is 268 g/mol. The highest BCUT2D eigenvalue weighted by Crippen LogP contribution is 2.45. The molecular formula is C15H26P2. The molecule has 0 amide bonds. The van der Waals surface area contributed by atoms with Gasteiger partial charge in [-0.25, -0.2) is 0 Å². The first-order chi connectivity index (χ1) is 7.93. The Morgan fingerprint density at radius 2 is 1.41 bits per heavy atom. The number of hydrogen-bond acceptors (Lipinski definition) is 0. The fraction of sp³-hybridized carbons (Fsp3) is 0.600. The molecule has 1 aromatic rings. The summed E-state index contributed by atoms with van der Waals surface area (Å²) in [6, 6.07) is 9.12. The van der Waals surface area contributed by atoms with E-state index in [1.165, 1.54) is 0 Å². The normalized spacial score (nSPS) is 12.8. The molecule has 0 saturated carbocycles. The summed E-state index contributed by atoms with van der Waals surface area (Å²) >= 11 is 0. The van der Waals surface area contributed by atoms with Crippen LogP contribution in [-0.4, -0.2) is 17.0 Å². The van der Waals surface area contributed by atoms with Crippen molar-refractivity contribution >= 4 is 27.1 Å². The molecule has 0 saturated heterocycles. The van der Waals surface area contributed by atoms with Crippen LogP contribution in [-0.2, 0) is 0 Å². The third-order valence-corrected chi connectivity index (χ3v) is 7.45. The third kappa shape index (κ3) is 4.35. The van der Waals surface area contributed by atoms with Crippen LogP contribution in [0.3, 0.4) is 0 Å². The van der Waals surface area contributed by atoms with Crippen LogP contribution in [0.1, 0.15) is 41.5 Å². The maximum absolute atomic E-state index is 2.38. The van der Waals surface area contributed by atoms with Gasteiger partial charge in [0.15, 0.2) is 0 Å². The molecule has 0 aromatic heterocycles. The van der Waals surface area contributed by atoms with Crippen LogP contribution in [0.2, 0.25) is 0 Å². The first-order valence-corrected chi connectivity index (χ1v) is 9.13. The zero-order valence-corrected chi connectivity index (χ0v) is 13.9. The molecule has 0 spiro atoms. The number of benzene rings is 1. The molecule has 0 nitrogen and oxygen atoms in total. The predicted molar refractivity (Wildman–Crippen MR) is 86.4 cm³/mol. The Labute approximate surface area is 110 Å². The fourth-order valence-corrected chi connectivity index (χ4v) is 6.83. The zero-order chi connectivity index (χ0) is 13.0. The van der Waals surface area contributed by atoms with Gasteiger partial charge in [0.2, 0.25) is 0 Å². The molecule has 0 N–H and O–H groups in total. The van der Waals surface area contributed by atoms with E-state index >= 15 is 0 Å². The van der Waals surface area contributed by atoms with Crippen molar-refractivity contribution in [3.05, 3.63) is 24.3 Å². The van der Waals surface area contributed by atoms with E-state index in [9.17, 15) is 0 Å². The lowest BCUT2D eigenvalue weighted by Gasteiger charge is -2.28. The Morgan fingerprint density at radius 3 is 1.88 bits per heavy atom. The highest BCUT2D eigenvalue weighted by molar-refractivity contribution is 7.69. The van der Waals surface area contributed by atoms with E-state index in [2.05, 4.69) is 65.8 Å². The molecule has 1 rings (SSSR count). The minimum Gasteiger partial charge on any atom is -0.0871 e. The molecule has 0 aliphatic heterocycles. The average molecular weight is 268 g/mol. The van der Waals surface area contributed by atoms with Gasteiger partial charge in [-0.3, -0.25) is 0 Å². The van der Waals surface area contributed by atoms with Gasteiger partial charge in [-0.2, -0.15) is 0 Å². The van der Waals surface area contributed by atoms with E-state index in [1.807, 2.05) is 0 Å². The van der Waals surface area contributed by atoms with E-state index in [1.54, 1.807) is 10.6 Å². The van der Waals surface area contributed by atoms with Crippen molar-refractivity contribution in [2.24, 2.45) is 0 Å². The minimum atomic E-state index is -0.0182. The first-order valence-electron chi connectivity index (χ1n) is 6.57. The van der Waals surface area contributed by atoms with Gasteiger partial charge in [0.25, 0.3) is 0 Å². The summed E-state index contributed by atoms with van der Waals surface area (Å²) in [6.07, 6.45) is 0. The summed E-state index contributed by atoms with van der Waals surface area (Å²) in [5.41, 5.74) is 2.33. The van der Waals surface area contributed by atoms with E-state index in [4.69, 9.17) is 0 Å². The average Bonchev–Trinajstić information content (AvgIpc) is 2.18. The van der Waals surface area contributed by atoms with Crippen molar-refractivity contribution in [3.63, 3.8) is 0 Å². The molecule has 0 radical (unpaired) electrons. The van der Waals surface area contributed by atoms with E-state index in [-0.39, 0.29) is 7.92 Å². The maximum atomic E-state index is 2.38. The lowest BCUT2D eigenvalue weighted by Crippen LogP contribution is -2.26. The van der Waals surface area contributed by atoms with Crippen molar-refractivity contribution < 1.29 is 0 Å². The molecule has 2 heteroatoms. The summed E-state index contributed by atoms with van der Waals surface area (Å²) in [7, 11) is 0.936. The molecule has 0 aliphatic carbocycles. The van der Waals surface area contributed by atoms with Crippen LogP contribution in [0.25, 0.3) is 0 Å². The summed E-state index contributed by atoms with van der Waals surface area (Å²) in [5, 5.41) is 3.26. The standard InChI is InChI=1S/C15H26P2/c1-11(2)16-14-9-7-8-10-15(14)17(12(3)4)13(5)6/h7-13,16H,1-6H3. The van der Waals surface area contributed by atoms with Crippen LogP contribution in [0, 0.1) is 0 Å². The van der Waals surface area contributed by atoms with Gasteiger partial charge in [0, 0.05) is 0 Å². The molecule has 0 heterocycles. The maximum Gasteiger partial charge on any atom is -0.0161 e. The molecule has 0 bridgehead atoms. The number of hydrogen-bond donors (Lipinski definition) is 0. The lowest BCUT2D eigenvalue weighted by molar-refractivity contribution is 1.02. The Balaban J connectivity index is 3.09. The quantitative estimate of drug-likeness (QED) is 0.697. The van der Waals surface area contributed by atoms with E-state index in [0.717, 1.165) is 25.6 Å². The molecule has 1 aromatic carbocycles. The summed E-state index contributed by atoms with van der Waals surface area (Å²) in [4.78, 5) is 0.